The van der Waals surface area contributed by atoms with E-state index in [1.54, 1.807) is 9.80 Å². The topological polar surface area (TPSA) is 88.2 Å². The van der Waals surface area contributed by atoms with Gasteiger partial charge in [0.25, 0.3) is 0 Å². The summed E-state index contributed by atoms with van der Waals surface area (Å²) < 4.78 is 10.9. The molecule has 8 nitrogen and oxygen atoms in total. The number of piperazine rings is 1. The van der Waals surface area contributed by atoms with Crippen molar-refractivity contribution in [3.63, 3.8) is 0 Å². The van der Waals surface area contributed by atoms with E-state index < -0.39 is 17.7 Å². The van der Waals surface area contributed by atoms with Crippen molar-refractivity contribution in [3.05, 3.63) is 35.9 Å². The smallest absolute Gasteiger partial charge is 0.410 e. The Kier molecular flexibility index (Phi) is 8.80. The summed E-state index contributed by atoms with van der Waals surface area (Å²) in [4.78, 5) is 42.2. The molecule has 2 fully saturated rings. The van der Waals surface area contributed by atoms with E-state index in [1.807, 2.05) is 58.0 Å². The molecule has 3 rings (SSSR count). The van der Waals surface area contributed by atoms with Crippen LogP contribution in [-0.2, 0) is 20.9 Å². The van der Waals surface area contributed by atoms with Gasteiger partial charge in [-0.25, -0.2) is 9.59 Å². The Labute approximate surface area is 202 Å². The Morgan fingerprint density at radius 3 is 2.35 bits per heavy atom. The van der Waals surface area contributed by atoms with Gasteiger partial charge in [-0.1, -0.05) is 49.6 Å². The van der Waals surface area contributed by atoms with Crippen molar-refractivity contribution >= 4 is 18.1 Å². The molecule has 0 radical (unpaired) electrons. The van der Waals surface area contributed by atoms with Crippen LogP contribution in [0.5, 0.6) is 0 Å². The second kappa shape index (κ2) is 11.6. The average Bonchev–Trinajstić information content (AvgIpc) is 2.80. The fourth-order valence-corrected chi connectivity index (χ4v) is 4.72. The van der Waals surface area contributed by atoms with E-state index in [0.29, 0.717) is 19.6 Å². The molecular formula is C26H39N3O5. The molecule has 1 N–H and O–H groups in total. The Bertz CT molecular complexity index is 833. The lowest BCUT2D eigenvalue weighted by Gasteiger charge is -2.42. The molecule has 1 heterocycles. The standard InChI is InChI=1S/C26H39N3O5/c1-19-17-28(25(32)33-18-20-11-7-5-8-12-20)15-16-29(19)23(30)22(21-13-9-6-10-14-21)27-24(31)34-26(2,3)4/h5,7-8,11-12,19,21-22H,6,9-10,13-18H2,1-4H3,(H,27,31)/t19-,22?/m1/s1. The van der Waals surface area contributed by atoms with Crippen LogP contribution >= 0.6 is 0 Å². The van der Waals surface area contributed by atoms with Gasteiger partial charge in [0.2, 0.25) is 5.91 Å². The van der Waals surface area contributed by atoms with Gasteiger partial charge in [0.15, 0.2) is 0 Å². The van der Waals surface area contributed by atoms with E-state index >= 15 is 0 Å². The molecule has 188 valence electrons. The maximum Gasteiger partial charge on any atom is 0.410 e. The van der Waals surface area contributed by atoms with Gasteiger partial charge in [0.1, 0.15) is 18.2 Å². The lowest BCUT2D eigenvalue weighted by molar-refractivity contribution is -0.139. The van der Waals surface area contributed by atoms with Crippen LogP contribution in [0, 0.1) is 5.92 Å². The second-order valence-electron chi connectivity index (χ2n) is 10.4. The molecule has 1 aromatic carbocycles. The number of benzene rings is 1. The quantitative estimate of drug-likeness (QED) is 0.688. The zero-order chi connectivity index (χ0) is 24.7. The molecule has 0 aromatic heterocycles. The molecule has 1 saturated heterocycles. The zero-order valence-corrected chi connectivity index (χ0v) is 20.9. The minimum absolute atomic E-state index is 0.0924. The number of hydrogen-bond donors (Lipinski definition) is 1. The first-order chi connectivity index (χ1) is 16.1. The monoisotopic (exact) mass is 473 g/mol. The number of nitrogens with zero attached hydrogens (tertiary/aromatic N) is 2. The summed E-state index contributed by atoms with van der Waals surface area (Å²) in [6, 6.07) is 8.76. The van der Waals surface area contributed by atoms with Crippen LogP contribution in [0.4, 0.5) is 9.59 Å². The molecular weight excluding hydrogens is 434 g/mol. The number of carbonyl (C=O) groups excluding carboxylic acids is 3. The number of rotatable bonds is 5. The Hall–Kier alpha value is -2.77. The van der Waals surface area contributed by atoms with Crippen LogP contribution in [0.15, 0.2) is 30.3 Å². The fourth-order valence-electron chi connectivity index (χ4n) is 4.72. The van der Waals surface area contributed by atoms with Crippen LogP contribution < -0.4 is 5.32 Å². The van der Waals surface area contributed by atoms with Crippen LogP contribution in [0.2, 0.25) is 0 Å². The second-order valence-corrected chi connectivity index (χ2v) is 10.4. The molecule has 2 aliphatic rings. The summed E-state index contributed by atoms with van der Waals surface area (Å²) in [5, 5.41) is 2.88. The number of ether oxygens (including phenoxy) is 2. The van der Waals surface area contributed by atoms with Gasteiger partial charge in [-0.05, 0) is 52.0 Å². The largest absolute Gasteiger partial charge is 0.445 e. The van der Waals surface area contributed by atoms with Crippen molar-refractivity contribution in [1.82, 2.24) is 15.1 Å². The predicted molar refractivity (Wildman–Crippen MR) is 129 cm³/mol. The lowest BCUT2D eigenvalue weighted by Crippen LogP contribution is -2.61. The SMILES string of the molecule is C[C@@H]1CN(C(=O)OCc2ccccc2)CCN1C(=O)C(NC(=O)OC(C)(C)C)C1CCCCC1. The lowest BCUT2D eigenvalue weighted by atomic mass is 9.83. The average molecular weight is 474 g/mol. The van der Waals surface area contributed by atoms with Crippen molar-refractivity contribution < 1.29 is 23.9 Å². The van der Waals surface area contributed by atoms with Gasteiger partial charge in [-0.3, -0.25) is 4.79 Å². The van der Waals surface area contributed by atoms with E-state index in [-0.39, 0.29) is 30.6 Å². The Balaban J connectivity index is 1.60. The molecule has 8 heteroatoms. The first-order valence-corrected chi connectivity index (χ1v) is 12.4. The van der Waals surface area contributed by atoms with Crippen molar-refractivity contribution in [2.75, 3.05) is 19.6 Å². The van der Waals surface area contributed by atoms with Gasteiger partial charge in [-0.15, -0.1) is 0 Å². The van der Waals surface area contributed by atoms with Crippen LogP contribution in [0.25, 0.3) is 0 Å². The molecule has 1 aromatic rings. The van der Waals surface area contributed by atoms with Gasteiger partial charge < -0.3 is 24.6 Å². The number of alkyl carbamates (subject to hydrolysis) is 1. The molecule has 0 bridgehead atoms. The number of hydrogen-bond acceptors (Lipinski definition) is 5. The number of carbonyl (C=O) groups is 3. The number of nitrogens with one attached hydrogen (secondary N) is 1. The van der Waals surface area contributed by atoms with Gasteiger partial charge in [0, 0.05) is 25.7 Å². The van der Waals surface area contributed by atoms with Crippen LogP contribution in [0.1, 0.15) is 65.4 Å². The molecule has 2 atom stereocenters. The highest BCUT2D eigenvalue weighted by Crippen LogP contribution is 2.28. The minimum atomic E-state index is -0.636. The van der Waals surface area contributed by atoms with Crippen molar-refractivity contribution in [2.45, 2.75) is 84.1 Å². The van der Waals surface area contributed by atoms with Gasteiger partial charge >= 0.3 is 12.2 Å². The normalized spacial score (nSPS) is 20.4. The summed E-state index contributed by atoms with van der Waals surface area (Å²) in [5.41, 5.74) is 0.296. The predicted octanol–water partition coefficient (Wildman–Crippen LogP) is 4.33. The zero-order valence-electron chi connectivity index (χ0n) is 20.9. The van der Waals surface area contributed by atoms with E-state index in [2.05, 4.69) is 5.32 Å². The van der Waals surface area contributed by atoms with Gasteiger partial charge in [0.05, 0.1) is 0 Å². The van der Waals surface area contributed by atoms with E-state index in [1.165, 1.54) is 0 Å². The maximum absolute atomic E-state index is 13.6. The fraction of sp³-hybridized carbons (Fsp3) is 0.654. The summed E-state index contributed by atoms with van der Waals surface area (Å²) in [5.74, 6) is -0.00241. The summed E-state index contributed by atoms with van der Waals surface area (Å²) in [6.07, 6.45) is 4.15. The molecule has 0 spiro atoms. The summed E-state index contributed by atoms with van der Waals surface area (Å²) in [6.45, 7) is 8.76. The highest BCUT2D eigenvalue weighted by molar-refractivity contribution is 5.86. The molecule has 1 aliphatic heterocycles. The summed E-state index contributed by atoms with van der Waals surface area (Å²) >= 11 is 0. The third-order valence-electron chi connectivity index (χ3n) is 6.43. The first-order valence-electron chi connectivity index (χ1n) is 12.4. The molecule has 1 saturated carbocycles. The minimum Gasteiger partial charge on any atom is -0.445 e. The van der Waals surface area contributed by atoms with Crippen LogP contribution in [0.3, 0.4) is 0 Å². The van der Waals surface area contributed by atoms with Gasteiger partial charge in [-0.2, -0.15) is 0 Å². The van der Waals surface area contributed by atoms with Crippen LogP contribution in [-0.4, -0.2) is 65.2 Å². The van der Waals surface area contributed by atoms with Crippen molar-refractivity contribution in [3.8, 4) is 0 Å². The van der Waals surface area contributed by atoms with E-state index in [9.17, 15) is 14.4 Å². The van der Waals surface area contributed by atoms with Crippen molar-refractivity contribution in [2.24, 2.45) is 5.92 Å². The van der Waals surface area contributed by atoms with Crippen molar-refractivity contribution in [1.29, 1.82) is 0 Å². The maximum atomic E-state index is 13.6. The first kappa shape index (κ1) is 25.8. The highest BCUT2D eigenvalue weighted by atomic mass is 16.6. The number of amides is 3. The molecule has 3 amide bonds. The van der Waals surface area contributed by atoms with E-state index in [4.69, 9.17) is 9.47 Å². The molecule has 34 heavy (non-hydrogen) atoms. The third-order valence-corrected chi connectivity index (χ3v) is 6.43. The summed E-state index contributed by atoms with van der Waals surface area (Å²) in [7, 11) is 0. The Morgan fingerprint density at radius 1 is 1.06 bits per heavy atom. The highest BCUT2D eigenvalue weighted by Gasteiger charge is 2.39. The molecule has 1 unspecified atom stereocenters. The Morgan fingerprint density at radius 2 is 1.74 bits per heavy atom. The van der Waals surface area contributed by atoms with E-state index in [0.717, 1.165) is 37.7 Å². The third kappa shape index (κ3) is 7.37. The molecule has 1 aliphatic carbocycles.